The Kier molecular flexibility index (Phi) is 5.92. The van der Waals surface area contributed by atoms with Crippen molar-refractivity contribution < 1.29 is 18.8 Å². The number of imide groups is 1. The fourth-order valence-electron chi connectivity index (χ4n) is 4.22. The molecule has 0 unspecified atom stereocenters. The van der Waals surface area contributed by atoms with Gasteiger partial charge >= 0.3 is 0 Å². The van der Waals surface area contributed by atoms with Gasteiger partial charge in [0.15, 0.2) is 0 Å². The second-order valence-electron chi connectivity index (χ2n) is 7.92. The van der Waals surface area contributed by atoms with Gasteiger partial charge in [0.25, 0.3) is 0 Å². The molecule has 0 bridgehead atoms. The van der Waals surface area contributed by atoms with E-state index < -0.39 is 0 Å². The van der Waals surface area contributed by atoms with Crippen LogP contribution in [0.3, 0.4) is 0 Å². The van der Waals surface area contributed by atoms with Gasteiger partial charge < -0.3 is 5.32 Å². The molecule has 3 amide bonds. The number of fused-ring (bicyclic) bond motifs is 1. The average Bonchev–Trinajstić information content (AvgIpc) is 2.90. The predicted molar refractivity (Wildman–Crippen MR) is 98.9 cm³/mol. The average molecular weight is 374 g/mol. The van der Waals surface area contributed by atoms with Crippen LogP contribution in [0.15, 0.2) is 24.3 Å². The number of rotatable bonds is 6. The van der Waals surface area contributed by atoms with E-state index in [9.17, 15) is 18.8 Å². The van der Waals surface area contributed by atoms with E-state index in [1.54, 1.807) is 12.1 Å². The smallest absolute Gasteiger partial charge is 0.233 e. The first-order valence-corrected chi connectivity index (χ1v) is 9.78. The summed E-state index contributed by atoms with van der Waals surface area (Å²) in [5, 5.41) is 2.96. The van der Waals surface area contributed by atoms with E-state index >= 15 is 0 Å². The first-order chi connectivity index (χ1) is 12.9. The van der Waals surface area contributed by atoms with E-state index in [4.69, 9.17) is 0 Å². The highest BCUT2D eigenvalue weighted by Crippen LogP contribution is 2.38. The molecule has 1 aromatic rings. The van der Waals surface area contributed by atoms with Gasteiger partial charge in [-0.15, -0.1) is 0 Å². The number of hydrogen-bond acceptors (Lipinski definition) is 3. The Morgan fingerprint density at radius 1 is 1.11 bits per heavy atom. The second-order valence-corrected chi connectivity index (χ2v) is 7.92. The largest absolute Gasteiger partial charge is 0.349 e. The minimum atomic E-state index is -0.319. The summed E-state index contributed by atoms with van der Waals surface area (Å²) in [5.74, 6) is -1.01. The van der Waals surface area contributed by atoms with E-state index in [2.05, 4.69) is 5.32 Å². The second kappa shape index (κ2) is 8.19. The number of halogens is 1. The molecule has 0 radical (unpaired) electrons. The molecule has 146 valence electrons. The third-order valence-corrected chi connectivity index (χ3v) is 5.71. The van der Waals surface area contributed by atoms with Crippen LogP contribution < -0.4 is 5.32 Å². The number of carbonyl (C=O) groups excluding carboxylic acids is 3. The first kappa shape index (κ1) is 19.5. The van der Waals surface area contributed by atoms with Crippen molar-refractivity contribution in [1.29, 1.82) is 0 Å². The third-order valence-electron chi connectivity index (χ3n) is 5.71. The van der Waals surface area contributed by atoms with Crippen LogP contribution in [0.1, 0.15) is 57.6 Å². The topological polar surface area (TPSA) is 66.5 Å². The van der Waals surface area contributed by atoms with E-state index in [0.717, 1.165) is 31.2 Å². The summed E-state index contributed by atoms with van der Waals surface area (Å²) in [6.07, 6.45) is 3.61. The molecule has 27 heavy (non-hydrogen) atoms. The van der Waals surface area contributed by atoms with Crippen LogP contribution in [0.5, 0.6) is 0 Å². The summed E-state index contributed by atoms with van der Waals surface area (Å²) in [6.45, 7) is 4.09. The molecule has 2 aliphatic rings. The molecule has 3 rings (SSSR count). The van der Waals surface area contributed by atoms with Crippen LogP contribution in [0.2, 0.25) is 0 Å². The third kappa shape index (κ3) is 4.20. The number of amides is 3. The zero-order valence-electron chi connectivity index (χ0n) is 15.9. The Hall–Kier alpha value is -2.24. The number of hydrogen-bond donors (Lipinski definition) is 1. The van der Waals surface area contributed by atoms with Crippen LogP contribution >= 0.6 is 0 Å². The molecule has 1 N–H and O–H groups in total. The van der Waals surface area contributed by atoms with Gasteiger partial charge in [-0.3, -0.25) is 19.3 Å². The fourth-order valence-corrected chi connectivity index (χ4v) is 4.22. The summed E-state index contributed by atoms with van der Waals surface area (Å²) < 4.78 is 13.1. The highest BCUT2D eigenvalue weighted by Gasteiger charge is 2.47. The van der Waals surface area contributed by atoms with Gasteiger partial charge in [-0.2, -0.15) is 0 Å². The van der Waals surface area contributed by atoms with Crippen molar-refractivity contribution in [3.8, 4) is 0 Å². The Morgan fingerprint density at radius 3 is 2.19 bits per heavy atom. The lowest BCUT2D eigenvalue weighted by molar-refractivity contribution is -0.140. The molecular weight excluding hydrogens is 347 g/mol. The molecule has 6 heteroatoms. The van der Waals surface area contributed by atoms with Crippen LogP contribution in [0.4, 0.5) is 4.39 Å². The van der Waals surface area contributed by atoms with Crippen molar-refractivity contribution in [1.82, 2.24) is 10.2 Å². The predicted octanol–water partition coefficient (Wildman–Crippen LogP) is 3.20. The Morgan fingerprint density at radius 2 is 1.67 bits per heavy atom. The molecule has 1 heterocycles. The molecule has 5 nitrogen and oxygen atoms in total. The minimum absolute atomic E-state index is 0.0847. The minimum Gasteiger partial charge on any atom is -0.349 e. The van der Waals surface area contributed by atoms with Crippen molar-refractivity contribution in [2.45, 2.75) is 52.0 Å². The summed E-state index contributed by atoms with van der Waals surface area (Å²) in [7, 11) is 0. The maximum Gasteiger partial charge on any atom is 0.233 e. The summed E-state index contributed by atoms with van der Waals surface area (Å²) in [6, 6.07) is 5.84. The molecule has 2 fully saturated rings. The van der Waals surface area contributed by atoms with Crippen molar-refractivity contribution in [3.05, 3.63) is 35.6 Å². The van der Waals surface area contributed by atoms with E-state index in [1.807, 2.05) is 13.8 Å². The Bertz CT molecular complexity index is 693. The maximum absolute atomic E-state index is 13.1. The Labute approximate surface area is 159 Å². The first-order valence-electron chi connectivity index (χ1n) is 9.78. The van der Waals surface area contributed by atoms with Crippen molar-refractivity contribution in [2.75, 3.05) is 6.54 Å². The molecule has 1 saturated carbocycles. The molecule has 1 aliphatic carbocycles. The van der Waals surface area contributed by atoms with Gasteiger partial charge in [0.1, 0.15) is 5.82 Å². The number of likely N-dealkylation sites (tertiary alicyclic amines) is 1. The van der Waals surface area contributed by atoms with Gasteiger partial charge in [0.2, 0.25) is 17.7 Å². The number of nitrogens with one attached hydrogen (secondary N) is 1. The normalized spacial score (nSPS) is 23.5. The molecule has 0 spiro atoms. The lowest BCUT2D eigenvalue weighted by atomic mass is 9.81. The zero-order valence-corrected chi connectivity index (χ0v) is 15.9. The zero-order chi connectivity index (χ0) is 19.6. The van der Waals surface area contributed by atoms with Gasteiger partial charge in [-0.05, 0) is 36.5 Å². The number of benzene rings is 1. The molecule has 1 aromatic carbocycles. The lowest BCUT2D eigenvalue weighted by Gasteiger charge is -2.23. The fraction of sp³-hybridized carbons (Fsp3) is 0.571. The summed E-state index contributed by atoms with van der Waals surface area (Å²) >= 11 is 0. The van der Waals surface area contributed by atoms with Gasteiger partial charge in [-0.25, -0.2) is 4.39 Å². The summed E-state index contributed by atoms with van der Waals surface area (Å²) in [4.78, 5) is 38.7. The molecule has 1 aliphatic heterocycles. The highest BCUT2D eigenvalue weighted by molar-refractivity contribution is 6.05. The van der Waals surface area contributed by atoms with Crippen LogP contribution in [0, 0.1) is 23.6 Å². The Balaban J connectivity index is 1.59. The molecule has 0 aromatic heterocycles. The van der Waals surface area contributed by atoms with E-state index in [-0.39, 0.29) is 60.3 Å². The maximum atomic E-state index is 13.1. The van der Waals surface area contributed by atoms with E-state index in [1.165, 1.54) is 17.0 Å². The number of carbonyl (C=O) groups is 3. The SMILES string of the molecule is CC(C)[C@@H](NC(=O)CCN1C(=O)[C@H]2CCCC[C@H]2C1=O)c1ccc(F)cc1. The summed E-state index contributed by atoms with van der Waals surface area (Å²) in [5.41, 5.74) is 0.832. The van der Waals surface area contributed by atoms with Crippen LogP contribution in [-0.2, 0) is 14.4 Å². The highest BCUT2D eigenvalue weighted by atomic mass is 19.1. The molecular formula is C21H27FN2O3. The van der Waals surface area contributed by atoms with E-state index in [0.29, 0.717) is 0 Å². The van der Waals surface area contributed by atoms with Crippen molar-refractivity contribution in [2.24, 2.45) is 17.8 Å². The van der Waals surface area contributed by atoms with Crippen molar-refractivity contribution >= 4 is 17.7 Å². The number of nitrogens with zero attached hydrogens (tertiary/aromatic N) is 1. The van der Waals surface area contributed by atoms with Gasteiger partial charge in [-0.1, -0.05) is 38.8 Å². The van der Waals surface area contributed by atoms with Crippen LogP contribution in [0.25, 0.3) is 0 Å². The standard InChI is InChI=1S/C21H27FN2O3/c1-13(2)19(14-7-9-15(22)10-8-14)23-18(25)11-12-24-20(26)16-5-3-4-6-17(16)21(24)27/h7-10,13,16-17,19H,3-6,11-12H2,1-2H3,(H,23,25)/t16-,17+,19-/m1/s1. The lowest BCUT2D eigenvalue weighted by Crippen LogP contribution is -2.37. The quantitative estimate of drug-likeness (QED) is 0.778. The van der Waals surface area contributed by atoms with Crippen LogP contribution in [-0.4, -0.2) is 29.2 Å². The van der Waals surface area contributed by atoms with Gasteiger partial charge in [0.05, 0.1) is 17.9 Å². The monoisotopic (exact) mass is 374 g/mol. The molecule has 3 atom stereocenters. The van der Waals surface area contributed by atoms with Crippen molar-refractivity contribution in [3.63, 3.8) is 0 Å². The molecule has 1 saturated heterocycles. The van der Waals surface area contributed by atoms with Gasteiger partial charge in [0, 0.05) is 13.0 Å².